The van der Waals surface area contributed by atoms with Crippen LogP contribution in [0, 0.1) is 0 Å². The van der Waals surface area contributed by atoms with Gasteiger partial charge in [-0.2, -0.15) is 0 Å². The number of carboxylic acid groups (broad SMARTS) is 2. The molecule has 62 valence electrons. The number of carbonyl (C=O) groups is 2. The van der Waals surface area contributed by atoms with Crippen LogP contribution in [0.25, 0.3) is 0 Å². The van der Waals surface area contributed by atoms with Gasteiger partial charge in [0.05, 0.1) is 0 Å². The second kappa shape index (κ2) is 12.1. The minimum absolute atomic E-state index is 0. The molecule has 0 aromatic heterocycles. The maximum atomic E-state index is 9.25. The number of aliphatic carboxylic acids is 2. The number of hydrogen-bond donors (Lipinski definition) is 3. The van der Waals surface area contributed by atoms with Crippen LogP contribution in [-0.4, -0.2) is 33.9 Å². The van der Waals surface area contributed by atoms with Gasteiger partial charge in [0.15, 0.2) is 0 Å². The summed E-state index contributed by atoms with van der Waals surface area (Å²) in [5, 5.41) is 22.6. The van der Waals surface area contributed by atoms with Crippen molar-refractivity contribution in [2.24, 2.45) is 0 Å². The minimum atomic E-state index is -1.19. The monoisotopic (exact) mass is 196 g/mol. The van der Waals surface area contributed by atoms with Gasteiger partial charge in [0.2, 0.25) is 0 Å². The van der Waals surface area contributed by atoms with E-state index in [0.717, 1.165) is 6.08 Å². The van der Waals surface area contributed by atoms with Crippen LogP contribution in [0.2, 0.25) is 0 Å². The Balaban J connectivity index is -0.000000107. The zero-order valence-electron chi connectivity index (χ0n) is 5.65. The van der Waals surface area contributed by atoms with Gasteiger partial charge in [0, 0.05) is 27.8 Å². The van der Waals surface area contributed by atoms with E-state index in [1.807, 2.05) is 0 Å². The van der Waals surface area contributed by atoms with Gasteiger partial charge in [0.1, 0.15) is 6.61 Å². The van der Waals surface area contributed by atoms with E-state index in [-0.39, 0.29) is 21.7 Å². The van der Waals surface area contributed by atoms with E-state index >= 15 is 0 Å². The normalized spacial score (nSPS) is 6.27. The van der Waals surface area contributed by atoms with Crippen molar-refractivity contribution in [2.75, 3.05) is 6.61 Å². The van der Waals surface area contributed by atoms with Crippen molar-refractivity contribution in [3.63, 3.8) is 0 Å². The third-order valence-corrected chi connectivity index (χ3v) is 0.310. The van der Waals surface area contributed by atoms with E-state index in [1.165, 1.54) is 0 Å². The molecule has 0 saturated heterocycles. The van der Waals surface area contributed by atoms with E-state index in [0.29, 0.717) is 0 Å². The average molecular weight is 196 g/mol. The Morgan fingerprint density at radius 1 is 1.36 bits per heavy atom. The van der Waals surface area contributed by atoms with Gasteiger partial charge in [-0.05, 0) is 0 Å². The van der Waals surface area contributed by atoms with Crippen LogP contribution in [0.5, 0.6) is 0 Å². The number of aliphatic hydroxyl groups is 1. The van der Waals surface area contributed by atoms with Gasteiger partial charge >= 0.3 is 11.9 Å². The van der Waals surface area contributed by atoms with Gasteiger partial charge in [0.25, 0.3) is 0 Å². The Bertz CT molecular complexity index is 133. The molecule has 0 aliphatic rings. The second-order valence-electron chi connectivity index (χ2n) is 1.09. The van der Waals surface area contributed by atoms with Crippen molar-refractivity contribution < 1.29 is 46.6 Å². The summed E-state index contributed by atoms with van der Waals surface area (Å²) in [5.41, 5.74) is 0. The van der Waals surface area contributed by atoms with Crippen LogP contribution < -0.4 is 0 Å². The first-order valence-electron chi connectivity index (χ1n) is 2.22. The summed E-state index contributed by atoms with van der Waals surface area (Å²) in [5.74, 6) is -2.17. The van der Waals surface area contributed by atoms with Crippen molar-refractivity contribution in [1.29, 1.82) is 0 Å². The molecule has 0 radical (unpaired) electrons. The molecule has 0 bridgehead atoms. The molecule has 0 heterocycles. The molecule has 0 atom stereocenters. The largest absolute Gasteiger partial charge is 0.480 e. The molecular weight excluding hydrogens is 188 g/mol. The number of hydrogen-bond acceptors (Lipinski definition) is 3. The first-order chi connectivity index (χ1) is 4.54. The fourth-order valence-corrected chi connectivity index (χ4v) is 0. The van der Waals surface area contributed by atoms with Crippen LogP contribution in [0.1, 0.15) is 0 Å². The third-order valence-electron chi connectivity index (χ3n) is 0.310. The predicted molar refractivity (Wildman–Crippen MR) is 32.6 cm³/mol. The molecule has 3 N–H and O–H groups in total. The van der Waals surface area contributed by atoms with Crippen molar-refractivity contribution in [2.45, 2.75) is 0 Å². The van der Waals surface area contributed by atoms with Crippen molar-refractivity contribution >= 4 is 11.9 Å². The minimum Gasteiger partial charge on any atom is -0.480 e. The molecule has 11 heavy (non-hydrogen) atoms. The summed E-state index contributed by atoms with van der Waals surface area (Å²) in [7, 11) is 0. The standard InChI is InChI=1S/C3H4O2.C2H4O3.Ti/c1-2-3(4)5;3-1-2(4)5;/h2H,1H2,(H,4,5);3H,1H2,(H,4,5);. The molecule has 0 aromatic carbocycles. The zero-order valence-corrected chi connectivity index (χ0v) is 7.21. The third kappa shape index (κ3) is 45.0. The SMILES string of the molecule is C=CC(=O)O.O=C(O)CO.[Ti]. The summed E-state index contributed by atoms with van der Waals surface area (Å²) in [4.78, 5) is 18.4. The molecule has 6 heteroatoms. The second-order valence-corrected chi connectivity index (χ2v) is 1.09. The van der Waals surface area contributed by atoms with Crippen LogP contribution in [0.4, 0.5) is 0 Å². The smallest absolute Gasteiger partial charge is 0.329 e. The Labute approximate surface area is 78.2 Å². The van der Waals surface area contributed by atoms with E-state index in [2.05, 4.69) is 6.58 Å². The van der Waals surface area contributed by atoms with Gasteiger partial charge in [-0.3, -0.25) is 0 Å². The summed E-state index contributed by atoms with van der Waals surface area (Å²) in [6, 6.07) is 0. The Morgan fingerprint density at radius 2 is 1.55 bits per heavy atom. The maximum Gasteiger partial charge on any atom is 0.329 e. The maximum absolute atomic E-state index is 9.25. The fourth-order valence-electron chi connectivity index (χ4n) is 0. The van der Waals surface area contributed by atoms with Gasteiger partial charge < -0.3 is 15.3 Å². The average Bonchev–Trinajstić information content (AvgIpc) is 1.89. The Kier molecular flexibility index (Phi) is 18.4. The molecule has 0 amide bonds. The van der Waals surface area contributed by atoms with Crippen molar-refractivity contribution in [3.05, 3.63) is 12.7 Å². The summed E-state index contributed by atoms with van der Waals surface area (Å²) in [6.07, 6.45) is 0.833. The molecule has 5 nitrogen and oxygen atoms in total. The summed E-state index contributed by atoms with van der Waals surface area (Å²) in [6.45, 7) is 2.18. The van der Waals surface area contributed by atoms with Crippen LogP contribution in [0.3, 0.4) is 0 Å². The van der Waals surface area contributed by atoms with Crippen molar-refractivity contribution in [1.82, 2.24) is 0 Å². The number of rotatable bonds is 2. The van der Waals surface area contributed by atoms with Gasteiger partial charge in [-0.1, -0.05) is 6.58 Å². The van der Waals surface area contributed by atoms with Crippen LogP contribution >= 0.6 is 0 Å². The molecule has 0 aliphatic heterocycles. The number of carboxylic acids is 2. The molecule has 0 rings (SSSR count). The van der Waals surface area contributed by atoms with Gasteiger partial charge in [-0.15, -0.1) is 0 Å². The van der Waals surface area contributed by atoms with E-state index in [1.54, 1.807) is 0 Å². The molecule has 0 aromatic rings. The molecule has 0 saturated carbocycles. The molecule has 0 unspecified atom stereocenters. The van der Waals surface area contributed by atoms with E-state index < -0.39 is 18.5 Å². The van der Waals surface area contributed by atoms with Crippen LogP contribution in [0.15, 0.2) is 12.7 Å². The Morgan fingerprint density at radius 3 is 1.55 bits per heavy atom. The molecule has 0 aliphatic carbocycles. The molecular formula is C5H8O5Ti. The topological polar surface area (TPSA) is 94.8 Å². The quantitative estimate of drug-likeness (QED) is 0.401. The molecule has 0 fully saturated rings. The first-order valence-corrected chi connectivity index (χ1v) is 2.22. The first kappa shape index (κ1) is 16.8. The molecule has 0 spiro atoms. The van der Waals surface area contributed by atoms with Crippen molar-refractivity contribution in [3.8, 4) is 0 Å². The predicted octanol–water partition coefficient (Wildman–Crippen LogP) is -0.682. The zero-order chi connectivity index (χ0) is 8.57. The van der Waals surface area contributed by atoms with Gasteiger partial charge in [-0.25, -0.2) is 9.59 Å². The van der Waals surface area contributed by atoms with Crippen LogP contribution in [-0.2, 0) is 31.3 Å². The summed E-state index contributed by atoms with van der Waals surface area (Å²) < 4.78 is 0. The Hall–Kier alpha value is -0.646. The van der Waals surface area contributed by atoms with E-state index in [9.17, 15) is 4.79 Å². The number of aliphatic hydroxyl groups excluding tert-OH is 1. The fraction of sp³-hybridized carbons (Fsp3) is 0.200. The summed E-state index contributed by atoms with van der Waals surface area (Å²) >= 11 is 0. The van der Waals surface area contributed by atoms with E-state index in [4.69, 9.17) is 20.1 Å².